The number of thiazole rings is 1. The average molecular weight is 348 g/mol. The Bertz CT molecular complexity index is 612. The summed E-state index contributed by atoms with van der Waals surface area (Å²) in [4.78, 5) is 17.9. The van der Waals surface area contributed by atoms with Gasteiger partial charge in [0.05, 0.1) is 13.2 Å². The lowest BCUT2D eigenvalue weighted by atomic mass is 10.3. The zero-order chi connectivity index (χ0) is 16.4. The van der Waals surface area contributed by atoms with E-state index in [4.69, 9.17) is 9.47 Å². The van der Waals surface area contributed by atoms with Crippen molar-refractivity contribution in [3.63, 3.8) is 0 Å². The van der Waals surface area contributed by atoms with Gasteiger partial charge in [-0.05, 0) is 13.8 Å². The zero-order valence-electron chi connectivity index (χ0n) is 12.8. The summed E-state index contributed by atoms with van der Waals surface area (Å²) in [6, 6.07) is 0. The smallest absolute Gasteiger partial charge is 0.238 e. The summed E-state index contributed by atoms with van der Waals surface area (Å²) < 4.78 is 33.9. The van der Waals surface area contributed by atoms with Crippen molar-refractivity contribution >= 4 is 27.1 Å². The van der Waals surface area contributed by atoms with Crippen molar-refractivity contribution in [3.05, 3.63) is 16.6 Å². The van der Waals surface area contributed by atoms with E-state index in [2.05, 4.69) is 4.98 Å². The molecule has 1 aliphatic heterocycles. The molecule has 1 aromatic rings. The minimum atomic E-state index is -3.38. The van der Waals surface area contributed by atoms with Gasteiger partial charge in [0.1, 0.15) is 16.9 Å². The van der Waals surface area contributed by atoms with E-state index in [1.807, 2.05) is 5.38 Å². The van der Waals surface area contributed by atoms with Crippen LogP contribution in [0, 0.1) is 0 Å². The van der Waals surface area contributed by atoms with Gasteiger partial charge in [0, 0.05) is 24.4 Å². The SMILES string of the molecule is CC1(C)OC[C@H](CN(Cc2nccs2)C(=O)CS(C)(=O)=O)O1. The molecule has 0 saturated carbocycles. The maximum Gasteiger partial charge on any atom is 0.238 e. The van der Waals surface area contributed by atoms with Gasteiger partial charge >= 0.3 is 0 Å². The molecule has 1 saturated heterocycles. The molecule has 0 N–H and O–H groups in total. The molecule has 0 aromatic carbocycles. The van der Waals surface area contributed by atoms with Gasteiger partial charge in [-0.2, -0.15) is 0 Å². The van der Waals surface area contributed by atoms with Crippen molar-refractivity contribution in [2.45, 2.75) is 32.3 Å². The summed E-state index contributed by atoms with van der Waals surface area (Å²) >= 11 is 1.42. The van der Waals surface area contributed by atoms with E-state index in [0.717, 1.165) is 11.3 Å². The Morgan fingerprint density at radius 3 is 2.77 bits per heavy atom. The fourth-order valence-corrected chi connectivity index (χ4v) is 3.43. The molecule has 2 heterocycles. The van der Waals surface area contributed by atoms with Gasteiger partial charge in [-0.1, -0.05) is 0 Å². The number of rotatable bonds is 6. The third-order valence-corrected chi connectivity index (χ3v) is 4.57. The molecule has 1 fully saturated rings. The third kappa shape index (κ3) is 5.31. The van der Waals surface area contributed by atoms with E-state index >= 15 is 0 Å². The molecule has 0 radical (unpaired) electrons. The molecular formula is C13H20N2O5S2. The van der Waals surface area contributed by atoms with Crippen LogP contribution in [0.15, 0.2) is 11.6 Å². The second-order valence-electron chi connectivity index (χ2n) is 5.72. The van der Waals surface area contributed by atoms with Crippen molar-refractivity contribution in [1.82, 2.24) is 9.88 Å². The summed E-state index contributed by atoms with van der Waals surface area (Å²) in [6.07, 6.45) is 2.42. The number of aromatic nitrogens is 1. The lowest BCUT2D eigenvalue weighted by molar-refractivity contribution is -0.145. The number of nitrogens with zero attached hydrogens (tertiary/aromatic N) is 2. The van der Waals surface area contributed by atoms with Crippen LogP contribution in [0.25, 0.3) is 0 Å². The van der Waals surface area contributed by atoms with Crippen LogP contribution in [-0.2, 0) is 30.7 Å². The number of sulfone groups is 1. The van der Waals surface area contributed by atoms with Crippen molar-refractivity contribution < 1.29 is 22.7 Å². The highest BCUT2D eigenvalue weighted by molar-refractivity contribution is 7.91. The van der Waals surface area contributed by atoms with E-state index in [1.165, 1.54) is 16.2 Å². The summed E-state index contributed by atoms with van der Waals surface area (Å²) in [5.74, 6) is -1.65. The Hall–Kier alpha value is -1.03. The molecule has 0 aliphatic carbocycles. The Labute approximate surface area is 134 Å². The highest BCUT2D eigenvalue weighted by atomic mass is 32.2. The van der Waals surface area contributed by atoms with Gasteiger partial charge in [-0.15, -0.1) is 11.3 Å². The van der Waals surface area contributed by atoms with Crippen LogP contribution in [-0.4, -0.2) is 61.3 Å². The van der Waals surface area contributed by atoms with Gasteiger partial charge in [0.15, 0.2) is 15.6 Å². The maximum atomic E-state index is 12.3. The van der Waals surface area contributed by atoms with Gasteiger partial charge in [-0.3, -0.25) is 4.79 Å². The van der Waals surface area contributed by atoms with Crippen LogP contribution in [0.5, 0.6) is 0 Å². The van der Waals surface area contributed by atoms with Gasteiger partial charge in [-0.25, -0.2) is 13.4 Å². The molecule has 1 aromatic heterocycles. The van der Waals surface area contributed by atoms with E-state index in [9.17, 15) is 13.2 Å². The lowest BCUT2D eigenvalue weighted by Crippen LogP contribution is -2.41. The van der Waals surface area contributed by atoms with Crippen molar-refractivity contribution in [2.75, 3.05) is 25.2 Å². The number of carbonyl (C=O) groups excluding carboxylic acids is 1. The van der Waals surface area contributed by atoms with Gasteiger partial charge in [0.2, 0.25) is 5.91 Å². The topological polar surface area (TPSA) is 85.8 Å². The molecule has 7 nitrogen and oxygen atoms in total. The molecule has 2 rings (SSSR count). The fraction of sp³-hybridized carbons (Fsp3) is 0.692. The van der Waals surface area contributed by atoms with Crippen LogP contribution >= 0.6 is 11.3 Å². The average Bonchev–Trinajstić information content (AvgIpc) is 2.96. The third-order valence-electron chi connectivity index (χ3n) is 3.04. The molecule has 1 atom stereocenters. The Kier molecular flexibility index (Phi) is 5.21. The second-order valence-corrected chi connectivity index (χ2v) is 8.84. The van der Waals surface area contributed by atoms with E-state index in [0.29, 0.717) is 6.61 Å². The number of hydrogen-bond acceptors (Lipinski definition) is 7. The van der Waals surface area contributed by atoms with E-state index in [-0.39, 0.29) is 19.2 Å². The maximum absolute atomic E-state index is 12.3. The molecule has 1 aliphatic rings. The highest BCUT2D eigenvalue weighted by Gasteiger charge is 2.35. The quantitative estimate of drug-likeness (QED) is 0.751. The molecule has 0 bridgehead atoms. The summed E-state index contributed by atoms with van der Waals surface area (Å²) in [5, 5.41) is 2.56. The predicted molar refractivity (Wildman–Crippen MR) is 82.1 cm³/mol. The summed E-state index contributed by atoms with van der Waals surface area (Å²) in [5.41, 5.74) is 0. The van der Waals surface area contributed by atoms with Crippen LogP contribution < -0.4 is 0 Å². The molecular weight excluding hydrogens is 328 g/mol. The first kappa shape index (κ1) is 17.3. The van der Waals surface area contributed by atoms with Crippen molar-refractivity contribution in [3.8, 4) is 0 Å². The first-order valence-electron chi connectivity index (χ1n) is 6.80. The predicted octanol–water partition coefficient (Wildman–Crippen LogP) is 0.668. The van der Waals surface area contributed by atoms with Crippen molar-refractivity contribution in [2.24, 2.45) is 0 Å². The molecule has 9 heteroatoms. The van der Waals surface area contributed by atoms with E-state index in [1.54, 1.807) is 20.0 Å². The van der Waals surface area contributed by atoms with Crippen LogP contribution in [0.4, 0.5) is 0 Å². The van der Waals surface area contributed by atoms with Gasteiger partial charge in [0.25, 0.3) is 0 Å². The minimum Gasteiger partial charge on any atom is -0.348 e. The lowest BCUT2D eigenvalue weighted by Gasteiger charge is -2.25. The molecule has 124 valence electrons. The molecule has 1 amide bonds. The zero-order valence-corrected chi connectivity index (χ0v) is 14.4. The fourth-order valence-electron chi connectivity index (χ4n) is 2.16. The molecule has 0 spiro atoms. The first-order chi connectivity index (χ1) is 10.1. The number of hydrogen-bond donors (Lipinski definition) is 0. The number of ether oxygens (including phenoxy) is 2. The van der Waals surface area contributed by atoms with E-state index < -0.39 is 27.3 Å². The highest BCUT2D eigenvalue weighted by Crippen LogP contribution is 2.23. The Morgan fingerprint density at radius 1 is 1.55 bits per heavy atom. The number of carbonyl (C=O) groups is 1. The monoisotopic (exact) mass is 348 g/mol. The second kappa shape index (κ2) is 6.61. The van der Waals surface area contributed by atoms with Crippen LogP contribution in [0.1, 0.15) is 18.9 Å². The molecule has 22 heavy (non-hydrogen) atoms. The summed E-state index contributed by atoms with van der Waals surface area (Å²) in [7, 11) is -3.38. The van der Waals surface area contributed by atoms with Gasteiger partial charge < -0.3 is 14.4 Å². The van der Waals surface area contributed by atoms with Crippen LogP contribution in [0.2, 0.25) is 0 Å². The largest absolute Gasteiger partial charge is 0.348 e. The standard InChI is InChI=1S/C13H20N2O5S2/c1-13(2)19-8-10(20-13)6-15(7-11-14-4-5-21-11)12(16)9-22(3,17)18/h4-5,10H,6-9H2,1-3H3/t10-/m0/s1. The Morgan fingerprint density at radius 2 is 2.27 bits per heavy atom. The number of amides is 1. The normalized spacial score (nSPS) is 21.0. The van der Waals surface area contributed by atoms with Crippen LogP contribution in [0.3, 0.4) is 0 Å². The summed E-state index contributed by atoms with van der Waals surface area (Å²) in [6.45, 7) is 4.52. The first-order valence-corrected chi connectivity index (χ1v) is 9.74. The molecule has 0 unspecified atom stereocenters. The van der Waals surface area contributed by atoms with Crippen molar-refractivity contribution in [1.29, 1.82) is 0 Å². The minimum absolute atomic E-state index is 0.270. The Balaban J connectivity index is 2.06.